The van der Waals surface area contributed by atoms with E-state index in [0.29, 0.717) is 22.4 Å². The van der Waals surface area contributed by atoms with Crippen molar-refractivity contribution in [3.8, 4) is 5.75 Å². The van der Waals surface area contributed by atoms with Crippen LogP contribution in [0.1, 0.15) is 28.7 Å². The maximum absolute atomic E-state index is 13.6. The second-order valence-electron chi connectivity index (χ2n) is 9.25. The van der Waals surface area contributed by atoms with Gasteiger partial charge in [0.25, 0.3) is 5.91 Å². The number of hydrazone groups is 1. The molecule has 1 aliphatic heterocycles. The summed E-state index contributed by atoms with van der Waals surface area (Å²) in [5.74, 6) is -2.00. The third-order valence-electron chi connectivity index (χ3n) is 6.74. The molecule has 3 aromatic rings. The van der Waals surface area contributed by atoms with Crippen LogP contribution in [0.3, 0.4) is 0 Å². The first-order valence-electron chi connectivity index (χ1n) is 11.9. The lowest BCUT2D eigenvalue weighted by Gasteiger charge is -2.29. The van der Waals surface area contributed by atoms with E-state index in [1.54, 1.807) is 48.5 Å². The molecule has 7 nitrogen and oxygen atoms in total. The molecule has 1 heterocycles. The zero-order valence-corrected chi connectivity index (χ0v) is 20.5. The third kappa shape index (κ3) is 4.54. The first kappa shape index (κ1) is 25.8. The highest BCUT2D eigenvalue weighted by Crippen LogP contribution is 2.40. The van der Waals surface area contributed by atoms with E-state index in [9.17, 15) is 33.0 Å². The maximum Gasteiger partial charge on any atom is 0.416 e. The second-order valence-corrected chi connectivity index (χ2v) is 9.25. The zero-order valence-electron chi connectivity index (χ0n) is 20.5. The van der Waals surface area contributed by atoms with Crippen LogP contribution in [-0.4, -0.2) is 33.3 Å². The Morgan fingerprint density at radius 1 is 1.05 bits per heavy atom. The number of rotatable bonds is 5. The van der Waals surface area contributed by atoms with Gasteiger partial charge in [-0.15, -0.1) is 0 Å². The predicted molar refractivity (Wildman–Crippen MR) is 140 cm³/mol. The number of phenols is 1. The van der Waals surface area contributed by atoms with Crippen molar-refractivity contribution in [1.29, 1.82) is 0 Å². The minimum absolute atomic E-state index is 0.00542. The summed E-state index contributed by atoms with van der Waals surface area (Å²) in [7, 11) is 0. The van der Waals surface area contributed by atoms with Crippen molar-refractivity contribution in [2.45, 2.75) is 25.1 Å². The van der Waals surface area contributed by atoms with E-state index in [1.807, 2.05) is 0 Å². The molecule has 2 aliphatic rings. The summed E-state index contributed by atoms with van der Waals surface area (Å²) in [4.78, 5) is 27.1. The number of carbonyl (C=O) groups excluding carboxylic acids is 1. The molecule has 1 aliphatic carbocycles. The summed E-state index contributed by atoms with van der Waals surface area (Å²) < 4.78 is 40.8. The van der Waals surface area contributed by atoms with E-state index >= 15 is 0 Å². The van der Waals surface area contributed by atoms with Crippen LogP contribution in [0.5, 0.6) is 5.75 Å². The summed E-state index contributed by atoms with van der Waals surface area (Å²) in [6.45, 7) is 1.34. The number of fused-ring (bicyclic) bond motifs is 1. The Hall–Kier alpha value is -4.86. The van der Waals surface area contributed by atoms with Gasteiger partial charge in [0, 0.05) is 23.2 Å². The van der Waals surface area contributed by atoms with Crippen LogP contribution < -0.4 is 10.3 Å². The molecule has 0 radical (unpaired) electrons. The van der Waals surface area contributed by atoms with Crippen LogP contribution >= 0.6 is 0 Å². The SMILES string of the molecule is Cc1ccc(N2C(=O)C(=NNC3(C(=O)O)C=CC=C(c4ccccc4O)C3)c3ccccc32)cc1C(F)(F)F. The molecule has 3 N–H and O–H groups in total. The average Bonchev–Trinajstić information content (AvgIpc) is 3.18. The van der Waals surface area contributed by atoms with E-state index in [4.69, 9.17) is 0 Å². The number of aryl methyl sites for hydroxylation is 1. The first-order valence-corrected chi connectivity index (χ1v) is 11.9. The highest BCUT2D eigenvalue weighted by atomic mass is 19.4. The number of nitrogens with one attached hydrogen (secondary N) is 1. The molecule has 0 saturated heterocycles. The van der Waals surface area contributed by atoms with Crippen LogP contribution in [0.4, 0.5) is 24.5 Å². The Bertz CT molecular complexity index is 1590. The number of aliphatic carboxylic acids is 1. The monoisotopic (exact) mass is 533 g/mol. The molecule has 0 aromatic heterocycles. The highest BCUT2D eigenvalue weighted by Gasteiger charge is 2.41. The summed E-state index contributed by atoms with van der Waals surface area (Å²) in [5.41, 5.74) is 1.53. The van der Waals surface area contributed by atoms with Gasteiger partial charge in [-0.3, -0.25) is 15.1 Å². The normalized spacial score (nSPS) is 19.7. The lowest BCUT2D eigenvalue weighted by molar-refractivity contribution is -0.142. The highest BCUT2D eigenvalue weighted by molar-refractivity contribution is 6.55. The van der Waals surface area contributed by atoms with E-state index in [1.165, 1.54) is 37.3 Å². The minimum atomic E-state index is -4.61. The molecule has 0 saturated carbocycles. The molecule has 39 heavy (non-hydrogen) atoms. The quantitative estimate of drug-likeness (QED) is 0.373. The number of anilines is 2. The number of nitrogens with zero attached hydrogens (tertiary/aromatic N) is 2. The fourth-order valence-electron chi connectivity index (χ4n) is 4.72. The maximum atomic E-state index is 13.6. The Labute approximate surface area is 221 Å². The summed E-state index contributed by atoms with van der Waals surface area (Å²) in [6.07, 6.45) is -0.117. The van der Waals surface area contributed by atoms with Gasteiger partial charge < -0.3 is 10.2 Å². The van der Waals surface area contributed by atoms with E-state index in [2.05, 4.69) is 10.5 Å². The lowest BCUT2D eigenvalue weighted by Crippen LogP contribution is -2.49. The lowest BCUT2D eigenvalue weighted by atomic mass is 9.84. The molecule has 5 rings (SSSR count). The number of carbonyl (C=O) groups is 2. The molecule has 0 bridgehead atoms. The van der Waals surface area contributed by atoms with Gasteiger partial charge in [-0.25, -0.2) is 4.79 Å². The molecule has 1 amide bonds. The largest absolute Gasteiger partial charge is 0.507 e. The van der Waals surface area contributed by atoms with E-state index in [0.717, 1.165) is 11.0 Å². The van der Waals surface area contributed by atoms with Crippen molar-refractivity contribution in [1.82, 2.24) is 5.43 Å². The van der Waals surface area contributed by atoms with Crippen LogP contribution in [0.25, 0.3) is 5.57 Å². The number of para-hydroxylation sites is 2. The fourth-order valence-corrected chi connectivity index (χ4v) is 4.72. The number of hydrogen-bond acceptors (Lipinski definition) is 5. The molecule has 0 spiro atoms. The second kappa shape index (κ2) is 9.46. The summed E-state index contributed by atoms with van der Waals surface area (Å²) in [5, 5.41) is 24.6. The number of benzene rings is 3. The molecule has 0 fully saturated rings. The van der Waals surface area contributed by atoms with Crippen LogP contribution in [0.2, 0.25) is 0 Å². The van der Waals surface area contributed by atoms with Crippen molar-refractivity contribution in [3.05, 3.63) is 107 Å². The van der Waals surface area contributed by atoms with Gasteiger partial charge in [-0.2, -0.15) is 18.3 Å². The van der Waals surface area contributed by atoms with Gasteiger partial charge in [0.1, 0.15) is 5.75 Å². The molecule has 1 atom stereocenters. The van der Waals surface area contributed by atoms with Gasteiger partial charge in [0.15, 0.2) is 11.3 Å². The Kier molecular flexibility index (Phi) is 6.26. The smallest absolute Gasteiger partial charge is 0.416 e. The predicted octanol–water partition coefficient (Wildman–Crippen LogP) is 5.56. The molecule has 1 unspecified atom stereocenters. The van der Waals surface area contributed by atoms with Crippen molar-refractivity contribution in [3.63, 3.8) is 0 Å². The summed E-state index contributed by atoms with van der Waals surface area (Å²) >= 11 is 0. The number of aromatic hydroxyl groups is 1. The number of hydrogen-bond donors (Lipinski definition) is 3. The standard InChI is InChI=1S/C29H22F3N3O4/c1-17-12-13-19(15-22(17)29(30,31)32)35-23-10-4-2-9-21(23)25(26(35)37)33-34-28(27(38)39)14-6-7-18(16-28)20-8-3-5-11-24(20)36/h2-15,34,36H,16H2,1H3,(H,38,39). The third-order valence-corrected chi connectivity index (χ3v) is 6.74. The first-order chi connectivity index (χ1) is 18.5. The Morgan fingerprint density at radius 2 is 1.74 bits per heavy atom. The fraction of sp³-hybridized carbons (Fsp3) is 0.138. The van der Waals surface area contributed by atoms with Crippen molar-refractivity contribution < 1.29 is 33.0 Å². The number of alkyl halides is 3. The van der Waals surface area contributed by atoms with Crippen molar-refractivity contribution >= 4 is 34.5 Å². The topological polar surface area (TPSA) is 102 Å². The summed E-state index contributed by atoms with van der Waals surface area (Å²) in [6, 6.07) is 16.6. The molecule has 10 heteroatoms. The number of phenolic OH excluding ortho intramolecular Hbond substituents is 1. The number of carboxylic acids is 1. The van der Waals surface area contributed by atoms with E-state index in [-0.39, 0.29) is 29.1 Å². The van der Waals surface area contributed by atoms with E-state index < -0.39 is 29.2 Å². The number of allylic oxidation sites excluding steroid dienone is 2. The molecule has 3 aromatic carbocycles. The van der Waals surface area contributed by atoms with Gasteiger partial charge in [-0.05, 0) is 48.4 Å². The number of halogens is 3. The molecule has 198 valence electrons. The van der Waals surface area contributed by atoms with Crippen molar-refractivity contribution in [2.24, 2.45) is 5.10 Å². The van der Waals surface area contributed by atoms with Gasteiger partial charge >= 0.3 is 12.1 Å². The average molecular weight is 534 g/mol. The number of amides is 1. The van der Waals surface area contributed by atoms with Gasteiger partial charge in [-0.1, -0.05) is 54.6 Å². The van der Waals surface area contributed by atoms with Crippen LogP contribution in [-0.2, 0) is 15.8 Å². The van der Waals surface area contributed by atoms with Crippen LogP contribution in [0, 0.1) is 6.92 Å². The zero-order chi connectivity index (χ0) is 27.9. The number of carboxylic acid groups (broad SMARTS) is 1. The van der Waals surface area contributed by atoms with Gasteiger partial charge in [0.05, 0.1) is 11.3 Å². The molecular weight excluding hydrogens is 511 g/mol. The van der Waals surface area contributed by atoms with Crippen LogP contribution in [0.15, 0.2) is 90.1 Å². The Morgan fingerprint density at radius 3 is 2.44 bits per heavy atom. The molecular formula is C29H22F3N3O4. The van der Waals surface area contributed by atoms with Gasteiger partial charge in [0.2, 0.25) is 0 Å². The minimum Gasteiger partial charge on any atom is -0.507 e. The van der Waals surface area contributed by atoms with Crippen molar-refractivity contribution in [2.75, 3.05) is 4.90 Å². The Balaban J connectivity index is 1.52.